The third-order valence-electron chi connectivity index (χ3n) is 5.09. The lowest BCUT2D eigenvalue weighted by Crippen LogP contribution is -2.46. The summed E-state index contributed by atoms with van der Waals surface area (Å²) >= 11 is 0. The first-order valence-corrected chi connectivity index (χ1v) is 9.64. The van der Waals surface area contributed by atoms with Gasteiger partial charge in [0.15, 0.2) is 0 Å². The molecule has 8 nitrogen and oxygen atoms in total. The smallest absolute Gasteiger partial charge is 0.322 e. The van der Waals surface area contributed by atoms with Crippen LogP contribution in [-0.4, -0.2) is 18.9 Å². The van der Waals surface area contributed by atoms with E-state index in [4.69, 9.17) is 11.0 Å². The number of benzene rings is 1. The van der Waals surface area contributed by atoms with E-state index in [1.807, 2.05) is 6.07 Å². The Balaban J connectivity index is 2.52. The van der Waals surface area contributed by atoms with Gasteiger partial charge in [-0.3, -0.25) is 9.36 Å². The molecule has 2 heterocycles. The van der Waals surface area contributed by atoms with Gasteiger partial charge in [-0.05, 0) is 52.0 Å². The normalized spacial score (nSPS) is 12.1. The van der Waals surface area contributed by atoms with Crippen LogP contribution in [0.4, 0.5) is 13.2 Å². The summed E-state index contributed by atoms with van der Waals surface area (Å²) in [4.78, 5) is 25.7. The molecule has 0 saturated carbocycles. The van der Waals surface area contributed by atoms with Crippen LogP contribution in [-0.2, 0) is 18.4 Å². The van der Waals surface area contributed by atoms with Crippen molar-refractivity contribution < 1.29 is 13.2 Å². The molecule has 32 heavy (non-hydrogen) atoms. The van der Waals surface area contributed by atoms with Gasteiger partial charge in [0.2, 0.25) is 0 Å². The fourth-order valence-electron chi connectivity index (χ4n) is 3.54. The molecule has 2 aromatic heterocycles. The maximum Gasteiger partial charge on any atom is 0.492 e. The second-order valence-electron chi connectivity index (χ2n) is 7.79. The van der Waals surface area contributed by atoms with Crippen LogP contribution in [0.15, 0.2) is 40.1 Å². The molecule has 0 spiro atoms. The number of hydrogen-bond donors (Lipinski definition) is 1. The van der Waals surface area contributed by atoms with Crippen molar-refractivity contribution in [3.05, 3.63) is 68.1 Å². The summed E-state index contributed by atoms with van der Waals surface area (Å²) in [7, 11) is 0. The molecule has 1 aromatic carbocycles. The maximum atomic E-state index is 13.8. The monoisotopic (exact) mass is 446 g/mol. The van der Waals surface area contributed by atoms with Crippen molar-refractivity contribution in [3.63, 3.8) is 0 Å². The molecule has 0 aliphatic heterocycles. The Bertz CT molecular complexity index is 1330. The van der Waals surface area contributed by atoms with Gasteiger partial charge in [-0.25, -0.2) is 14.0 Å². The van der Waals surface area contributed by atoms with E-state index in [0.717, 1.165) is 6.92 Å². The van der Waals surface area contributed by atoms with Gasteiger partial charge in [-0.2, -0.15) is 10.4 Å². The summed E-state index contributed by atoms with van der Waals surface area (Å²) in [5, 5.41) is 13.3. The molecule has 0 atom stereocenters. The molecule has 3 rings (SSSR count). The fraction of sp³-hybridized carbons (Fsp3) is 0.333. The molecular formula is C21H21F3N6O2. The quantitative estimate of drug-likeness (QED) is 0.662. The predicted octanol–water partition coefficient (Wildman–Crippen LogP) is 2.73. The Morgan fingerprint density at radius 2 is 1.75 bits per heavy atom. The van der Waals surface area contributed by atoms with E-state index in [-0.39, 0.29) is 22.4 Å². The van der Waals surface area contributed by atoms with Crippen molar-refractivity contribution in [1.82, 2.24) is 18.9 Å². The van der Waals surface area contributed by atoms with Crippen LogP contribution in [0.5, 0.6) is 0 Å². The summed E-state index contributed by atoms with van der Waals surface area (Å²) in [6.07, 6.45) is -3.66. The minimum Gasteiger partial charge on any atom is -0.322 e. The van der Waals surface area contributed by atoms with E-state index in [1.54, 1.807) is 26.0 Å². The highest BCUT2D eigenvalue weighted by molar-refractivity contribution is 5.68. The van der Waals surface area contributed by atoms with E-state index in [9.17, 15) is 22.8 Å². The van der Waals surface area contributed by atoms with Crippen molar-refractivity contribution in [1.29, 1.82) is 5.26 Å². The van der Waals surface area contributed by atoms with Gasteiger partial charge in [0, 0.05) is 23.3 Å². The molecule has 0 unspecified atom stereocenters. The summed E-state index contributed by atoms with van der Waals surface area (Å²) in [5.41, 5.74) is 3.07. The molecule has 168 valence electrons. The van der Waals surface area contributed by atoms with Gasteiger partial charge in [0.1, 0.15) is 0 Å². The average molecular weight is 446 g/mol. The van der Waals surface area contributed by atoms with Gasteiger partial charge >= 0.3 is 12.0 Å². The van der Waals surface area contributed by atoms with Crippen molar-refractivity contribution in [3.8, 4) is 23.0 Å². The summed E-state index contributed by atoms with van der Waals surface area (Å²) < 4.78 is 42.8. The van der Waals surface area contributed by atoms with Crippen LogP contribution in [0.1, 0.15) is 37.6 Å². The topological polar surface area (TPSA) is 112 Å². The zero-order chi connectivity index (χ0) is 24.0. The fourth-order valence-corrected chi connectivity index (χ4v) is 3.54. The summed E-state index contributed by atoms with van der Waals surface area (Å²) in [5.74, 6) is 0. The van der Waals surface area contributed by atoms with E-state index >= 15 is 0 Å². The van der Waals surface area contributed by atoms with Crippen molar-refractivity contribution in [2.75, 3.05) is 0 Å². The predicted molar refractivity (Wildman–Crippen MR) is 111 cm³/mol. The molecule has 2 N–H and O–H groups in total. The summed E-state index contributed by atoms with van der Waals surface area (Å²) in [6, 6.07) is 8.11. The molecule has 0 amide bonds. The number of hydrogen-bond acceptors (Lipinski definition) is 5. The third kappa shape index (κ3) is 3.73. The van der Waals surface area contributed by atoms with Crippen molar-refractivity contribution in [2.24, 2.45) is 5.73 Å². The number of rotatable bonds is 4. The lowest BCUT2D eigenvalue weighted by atomic mass is 9.93. The minimum absolute atomic E-state index is 0.0462. The van der Waals surface area contributed by atoms with Crippen LogP contribution in [0, 0.1) is 18.3 Å². The average Bonchev–Trinajstić information content (AvgIpc) is 3.12. The number of nitrogens with two attached hydrogens (primary N) is 1. The highest BCUT2D eigenvalue weighted by Crippen LogP contribution is 2.33. The Morgan fingerprint density at radius 3 is 2.22 bits per heavy atom. The number of aromatic nitrogens is 4. The number of halogens is 3. The van der Waals surface area contributed by atoms with E-state index in [0.29, 0.717) is 21.4 Å². The van der Waals surface area contributed by atoms with Crippen molar-refractivity contribution in [2.45, 2.75) is 46.1 Å². The van der Waals surface area contributed by atoms with Crippen LogP contribution in [0.2, 0.25) is 0 Å². The zero-order valence-electron chi connectivity index (χ0n) is 17.9. The van der Waals surface area contributed by atoms with Gasteiger partial charge in [-0.1, -0.05) is 0 Å². The van der Waals surface area contributed by atoms with E-state index in [2.05, 4.69) is 5.10 Å². The highest BCUT2D eigenvalue weighted by Gasteiger charge is 2.38. The highest BCUT2D eigenvalue weighted by atomic mass is 19.4. The van der Waals surface area contributed by atoms with E-state index in [1.165, 1.54) is 29.9 Å². The van der Waals surface area contributed by atoms with E-state index < -0.39 is 28.8 Å². The first-order chi connectivity index (χ1) is 14.8. The Labute approximate surface area is 180 Å². The zero-order valence-corrected chi connectivity index (χ0v) is 17.9. The molecule has 0 radical (unpaired) electrons. The molecule has 0 aliphatic carbocycles. The first-order valence-electron chi connectivity index (χ1n) is 9.64. The first kappa shape index (κ1) is 23.0. The lowest BCUT2D eigenvalue weighted by Gasteiger charge is -2.23. The standard InChI is InChI=1S/C21H21F3N6O2/c1-5-28-18(31)16(12(2)29(19(28)32)21(22,23)24)17-15(20(3,4)26)11-27-30(17)14-8-6-13(10-25)7-9-14/h6-9,11H,5,26H2,1-4H3. The van der Waals surface area contributed by atoms with Crippen LogP contribution < -0.4 is 17.0 Å². The van der Waals surface area contributed by atoms with Gasteiger partial charge in [0.25, 0.3) is 5.56 Å². The van der Waals surface area contributed by atoms with Gasteiger partial charge < -0.3 is 5.73 Å². The Morgan fingerprint density at radius 1 is 1.16 bits per heavy atom. The molecule has 0 saturated heterocycles. The SMILES string of the molecule is CCn1c(=O)c(-c2c(C(C)(C)N)cnn2-c2ccc(C#N)cc2)c(C)n(C(F)(F)F)c1=O. The third-order valence-corrected chi connectivity index (χ3v) is 5.09. The molecule has 11 heteroatoms. The molecule has 0 aliphatic rings. The Hall–Kier alpha value is -3.65. The molecule has 0 bridgehead atoms. The van der Waals surface area contributed by atoms with Gasteiger partial charge in [-0.15, -0.1) is 13.2 Å². The summed E-state index contributed by atoms with van der Waals surface area (Å²) in [6.45, 7) is 5.48. The maximum absolute atomic E-state index is 13.8. The largest absolute Gasteiger partial charge is 0.492 e. The van der Waals surface area contributed by atoms with Gasteiger partial charge in [0.05, 0.1) is 34.8 Å². The lowest BCUT2D eigenvalue weighted by molar-refractivity contribution is -0.208. The minimum atomic E-state index is -5.04. The second-order valence-corrected chi connectivity index (χ2v) is 7.79. The van der Waals surface area contributed by atoms with Crippen LogP contribution in [0.3, 0.4) is 0 Å². The second kappa shape index (κ2) is 7.80. The number of nitriles is 1. The number of nitrogens with zero attached hydrogens (tertiary/aromatic N) is 5. The molecule has 0 fully saturated rings. The van der Waals surface area contributed by atoms with Crippen LogP contribution >= 0.6 is 0 Å². The number of alkyl halides is 3. The molecule has 3 aromatic rings. The Kier molecular flexibility index (Phi) is 5.61. The van der Waals surface area contributed by atoms with Crippen LogP contribution in [0.25, 0.3) is 16.9 Å². The van der Waals surface area contributed by atoms with Crippen molar-refractivity contribution >= 4 is 0 Å². The molecular weight excluding hydrogens is 425 g/mol.